The Bertz CT molecular complexity index is 1520. The predicted molar refractivity (Wildman–Crippen MR) is 141 cm³/mol. The average Bonchev–Trinajstić information content (AvgIpc) is 3.31. The second-order valence-corrected chi connectivity index (χ2v) is 11.5. The van der Waals surface area contributed by atoms with Crippen molar-refractivity contribution in [3.8, 4) is 11.3 Å². The molecule has 1 aliphatic heterocycles. The maximum atomic E-state index is 13.3. The Kier molecular flexibility index (Phi) is 6.55. The van der Waals surface area contributed by atoms with E-state index in [1.807, 2.05) is 24.3 Å². The number of rotatable bonds is 5. The lowest BCUT2D eigenvalue weighted by atomic mass is 10.0. The van der Waals surface area contributed by atoms with Gasteiger partial charge < -0.3 is 0 Å². The minimum atomic E-state index is -3.74. The van der Waals surface area contributed by atoms with Crippen LogP contribution in [-0.4, -0.2) is 25.9 Å². The molecule has 1 aromatic heterocycles. The molecule has 5 rings (SSSR count). The number of anilines is 2. The summed E-state index contributed by atoms with van der Waals surface area (Å²) in [6.07, 6.45) is 1.61. The summed E-state index contributed by atoms with van der Waals surface area (Å²) in [6, 6.07) is 18.6. The normalized spacial score (nSPS) is 13.4. The SMILES string of the molecule is O=C(Nc1nc(-c2ccc(Cl)cc2Cl)cs1)c1ccc(S(=O)(=O)N2CCCc3ccccc32)cc1. The van der Waals surface area contributed by atoms with E-state index < -0.39 is 10.0 Å². The van der Waals surface area contributed by atoms with Gasteiger partial charge in [0.05, 0.1) is 21.3 Å². The lowest BCUT2D eigenvalue weighted by molar-refractivity contribution is 0.102. The smallest absolute Gasteiger partial charge is 0.264 e. The van der Waals surface area contributed by atoms with E-state index in [1.54, 1.807) is 23.6 Å². The number of thiazole rings is 1. The number of fused-ring (bicyclic) bond motifs is 1. The van der Waals surface area contributed by atoms with Crippen LogP contribution in [-0.2, 0) is 16.4 Å². The molecule has 0 bridgehead atoms. The third-order valence-electron chi connectivity index (χ3n) is 5.70. The number of aryl methyl sites for hydroxylation is 1. The molecule has 1 aliphatic rings. The standard InChI is InChI=1S/C25H19Cl2N3O3S2/c26-18-9-12-20(21(27)14-18)22-15-34-25(28-22)29-24(31)17-7-10-19(11-8-17)35(32,33)30-13-3-5-16-4-1-2-6-23(16)30/h1-2,4,6-12,14-15H,3,5,13H2,(H,28,29,31). The molecular weight excluding hydrogens is 525 g/mol. The van der Waals surface area contributed by atoms with Gasteiger partial charge in [0.2, 0.25) is 0 Å². The fourth-order valence-electron chi connectivity index (χ4n) is 3.98. The van der Waals surface area contributed by atoms with Crippen LogP contribution in [0, 0.1) is 0 Å². The summed E-state index contributed by atoms with van der Waals surface area (Å²) >= 11 is 13.5. The maximum Gasteiger partial charge on any atom is 0.264 e. The third-order valence-corrected chi connectivity index (χ3v) is 8.84. The van der Waals surface area contributed by atoms with Gasteiger partial charge in [-0.2, -0.15) is 0 Å². The Morgan fingerprint density at radius 1 is 1.03 bits per heavy atom. The molecule has 0 unspecified atom stereocenters. The summed E-state index contributed by atoms with van der Waals surface area (Å²) in [7, 11) is -3.74. The number of amides is 1. The molecule has 10 heteroatoms. The highest BCUT2D eigenvalue weighted by Gasteiger charge is 2.29. The van der Waals surface area contributed by atoms with Crippen LogP contribution in [0.25, 0.3) is 11.3 Å². The molecule has 3 aromatic carbocycles. The largest absolute Gasteiger partial charge is 0.298 e. The molecule has 0 saturated carbocycles. The fourth-order valence-corrected chi connectivity index (χ4v) is 6.73. The molecule has 0 radical (unpaired) electrons. The molecule has 0 aliphatic carbocycles. The first-order chi connectivity index (χ1) is 16.8. The number of carbonyl (C=O) groups excluding carboxylic acids is 1. The van der Waals surface area contributed by atoms with Crippen molar-refractivity contribution in [3.05, 3.63) is 93.3 Å². The number of hydrogen-bond acceptors (Lipinski definition) is 5. The second-order valence-electron chi connectivity index (χ2n) is 7.95. The topological polar surface area (TPSA) is 79.4 Å². The van der Waals surface area contributed by atoms with Gasteiger partial charge in [-0.15, -0.1) is 11.3 Å². The molecule has 1 N–H and O–H groups in total. The highest BCUT2D eigenvalue weighted by Crippen LogP contribution is 2.33. The van der Waals surface area contributed by atoms with Gasteiger partial charge >= 0.3 is 0 Å². The molecule has 4 aromatic rings. The second kappa shape index (κ2) is 9.62. The van der Waals surface area contributed by atoms with E-state index in [-0.39, 0.29) is 10.8 Å². The molecule has 1 amide bonds. The summed E-state index contributed by atoms with van der Waals surface area (Å²) in [5.41, 5.74) is 3.38. The van der Waals surface area contributed by atoms with Crippen LogP contribution in [0.5, 0.6) is 0 Å². The number of sulfonamides is 1. The molecule has 35 heavy (non-hydrogen) atoms. The van der Waals surface area contributed by atoms with Crippen molar-refractivity contribution < 1.29 is 13.2 Å². The first-order valence-corrected chi connectivity index (χ1v) is 13.8. The summed E-state index contributed by atoms with van der Waals surface area (Å²) in [5, 5.41) is 5.93. The van der Waals surface area contributed by atoms with Gasteiger partial charge in [-0.3, -0.25) is 14.4 Å². The molecule has 0 fully saturated rings. The van der Waals surface area contributed by atoms with E-state index in [9.17, 15) is 13.2 Å². The van der Waals surface area contributed by atoms with Crippen molar-refractivity contribution >= 4 is 61.3 Å². The quantitative estimate of drug-likeness (QED) is 0.311. The van der Waals surface area contributed by atoms with Gasteiger partial charge in [-0.05, 0) is 66.9 Å². The Balaban J connectivity index is 1.32. The Labute approximate surface area is 217 Å². The van der Waals surface area contributed by atoms with Gasteiger partial charge in [0.15, 0.2) is 5.13 Å². The number of aromatic nitrogens is 1. The Morgan fingerprint density at radius 3 is 2.57 bits per heavy atom. The Morgan fingerprint density at radius 2 is 1.80 bits per heavy atom. The molecule has 6 nitrogen and oxygen atoms in total. The van der Waals surface area contributed by atoms with E-state index in [0.29, 0.717) is 44.2 Å². The lowest BCUT2D eigenvalue weighted by Gasteiger charge is -2.30. The first-order valence-electron chi connectivity index (χ1n) is 10.8. The third kappa shape index (κ3) is 4.79. The number of benzene rings is 3. The van der Waals surface area contributed by atoms with Crippen molar-refractivity contribution in [2.75, 3.05) is 16.2 Å². The lowest BCUT2D eigenvalue weighted by Crippen LogP contribution is -2.35. The summed E-state index contributed by atoms with van der Waals surface area (Å²) < 4.78 is 28.1. The van der Waals surface area contributed by atoms with Gasteiger partial charge in [0.1, 0.15) is 0 Å². The highest BCUT2D eigenvalue weighted by atomic mass is 35.5. The van der Waals surface area contributed by atoms with Crippen LogP contribution in [0.1, 0.15) is 22.3 Å². The van der Waals surface area contributed by atoms with E-state index in [2.05, 4.69) is 10.3 Å². The predicted octanol–water partition coefficient (Wildman–Crippen LogP) is 6.51. The van der Waals surface area contributed by atoms with E-state index in [1.165, 1.54) is 39.9 Å². The van der Waals surface area contributed by atoms with Crippen molar-refractivity contribution in [2.45, 2.75) is 17.7 Å². The number of nitrogens with one attached hydrogen (secondary N) is 1. The molecule has 2 heterocycles. The van der Waals surface area contributed by atoms with E-state index in [0.717, 1.165) is 18.4 Å². The van der Waals surface area contributed by atoms with Crippen LogP contribution in [0.4, 0.5) is 10.8 Å². The zero-order chi connectivity index (χ0) is 24.6. The summed E-state index contributed by atoms with van der Waals surface area (Å²) in [4.78, 5) is 17.3. The first kappa shape index (κ1) is 23.8. The van der Waals surface area contributed by atoms with Crippen molar-refractivity contribution in [1.29, 1.82) is 0 Å². The average molecular weight is 544 g/mol. The van der Waals surface area contributed by atoms with Crippen molar-refractivity contribution in [2.24, 2.45) is 0 Å². The molecule has 0 saturated heterocycles. The van der Waals surface area contributed by atoms with Crippen molar-refractivity contribution in [1.82, 2.24) is 4.98 Å². The number of nitrogens with zero attached hydrogens (tertiary/aromatic N) is 2. The minimum Gasteiger partial charge on any atom is -0.298 e. The van der Waals surface area contributed by atoms with Crippen LogP contribution in [0.2, 0.25) is 10.0 Å². The van der Waals surface area contributed by atoms with Crippen LogP contribution < -0.4 is 9.62 Å². The van der Waals surface area contributed by atoms with Gasteiger partial charge in [-0.25, -0.2) is 13.4 Å². The monoisotopic (exact) mass is 543 g/mol. The van der Waals surface area contributed by atoms with E-state index in [4.69, 9.17) is 23.2 Å². The van der Waals surface area contributed by atoms with Crippen molar-refractivity contribution in [3.63, 3.8) is 0 Å². The van der Waals surface area contributed by atoms with E-state index >= 15 is 0 Å². The maximum absolute atomic E-state index is 13.3. The molecule has 0 spiro atoms. The molecule has 178 valence electrons. The summed E-state index contributed by atoms with van der Waals surface area (Å²) in [6.45, 7) is 0.422. The van der Waals surface area contributed by atoms with Crippen LogP contribution in [0.3, 0.4) is 0 Å². The summed E-state index contributed by atoms with van der Waals surface area (Å²) in [5.74, 6) is -0.389. The molecule has 0 atom stereocenters. The fraction of sp³-hybridized carbons (Fsp3) is 0.120. The van der Waals surface area contributed by atoms with Gasteiger partial charge in [0.25, 0.3) is 15.9 Å². The van der Waals surface area contributed by atoms with Crippen LogP contribution >= 0.6 is 34.5 Å². The Hall–Kier alpha value is -2.91. The van der Waals surface area contributed by atoms with Gasteiger partial charge in [-0.1, -0.05) is 41.4 Å². The molecular formula is C25H19Cl2N3O3S2. The highest BCUT2D eigenvalue weighted by molar-refractivity contribution is 7.92. The zero-order valence-electron chi connectivity index (χ0n) is 18.2. The minimum absolute atomic E-state index is 0.139. The number of carbonyl (C=O) groups is 1. The number of halogens is 2. The van der Waals surface area contributed by atoms with Gasteiger partial charge in [0, 0.05) is 28.1 Å². The number of hydrogen-bond donors (Lipinski definition) is 1. The van der Waals surface area contributed by atoms with Crippen LogP contribution in [0.15, 0.2) is 77.0 Å². The zero-order valence-corrected chi connectivity index (χ0v) is 21.4. The number of para-hydroxylation sites is 1.